The Morgan fingerprint density at radius 1 is 0.696 bits per heavy atom. The number of fused-ring (bicyclic) bond motifs is 1. The Balaban J connectivity index is 1.89. The lowest BCUT2D eigenvalue weighted by Gasteiger charge is -2.09. The smallest absolute Gasteiger partial charge is 0.123 e. The normalized spacial score (nSPS) is 10.8. The van der Waals surface area contributed by atoms with Crippen molar-refractivity contribution < 1.29 is 4.39 Å². The zero-order valence-electron chi connectivity index (χ0n) is 12.1. The number of pyridine rings is 3. The summed E-state index contributed by atoms with van der Waals surface area (Å²) < 4.78 is 13.2. The third kappa shape index (κ3) is 2.55. The van der Waals surface area contributed by atoms with Gasteiger partial charge in [0.1, 0.15) is 5.82 Å². The molecule has 0 saturated carbocycles. The molecule has 4 rings (SSSR count). The Labute approximate surface area is 132 Å². The molecule has 4 aromatic rings. The zero-order chi connectivity index (χ0) is 15.6. The monoisotopic (exact) mass is 301 g/mol. The molecule has 0 atom stereocenters. The summed E-state index contributed by atoms with van der Waals surface area (Å²) in [5, 5.41) is 0. The van der Waals surface area contributed by atoms with Gasteiger partial charge in [-0.3, -0.25) is 9.97 Å². The minimum absolute atomic E-state index is 0.263. The molecule has 3 nitrogen and oxygen atoms in total. The van der Waals surface area contributed by atoms with Crippen molar-refractivity contribution in [2.45, 2.75) is 0 Å². The van der Waals surface area contributed by atoms with Gasteiger partial charge in [-0.05, 0) is 60.7 Å². The van der Waals surface area contributed by atoms with E-state index in [1.807, 2.05) is 36.4 Å². The van der Waals surface area contributed by atoms with Crippen LogP contribution < -0.4 is 0 Å². The second-order valence-electron chi connectivity index (χ2n) is 5.14. The van der Waals surface area contributed by atoms with Crippen LogP contribution in [0.1, 0.15) is 0 Å². The second-order valence-corrected chi connectivity index (χ2v) is 5.14. The molecule has 0 N–H and O–H groups in total. The Hall–Kier alpha value is -3.14. The van der Waals surface area contributed by atoms with Gasteiger partial charge in [-0.25, -0.2) is 9.37 Å². The Bertz CT molecular complexity index is 981. The van der Waals surface area contributed by atoms with Gasteiger partial charge in [-0.1, -0.05) is 0 Å². The Morgan fingerprint density at radius 2 is 1.48 bits per heavy atom. The highest BCUT2D eigenvalue weighted by atomic mass is 19.1. The van der Waals surface area contributed by atoms with Crippen LogP contribution in [0.3, 0.4) is 0 Å². The SMILES string of the molecule is Fc1ccc(-c2ncccc2-c2ccc3ncccc3n2)cc1. The van der Waals surface area contributed by atoms with Crippen LogP contribution in [0.15, 0.2) is 73.1 Å². The van der Waals surface area contributed by atoms with Gasteiger partial charge in [-0.2, -0.15) is 0 Å². The molecule has 0 fully saturated rings. The van der Waals surface area contributed by atoms with Gasteiger partial charge < -0.3 is 0 Å². The van der Waals surface area contributed by atoms with E-state index in [-0.39, 0.29) is 5.82 Å². The molecule has 4 heteroatoms. The van der Waals surface area contributed by atoms with E-state index in [9.17, 15) is 4.39 Å². The van der Waals surface area contributed by atoms with E-state index in [2.05, 4.69) is 15.0 Å². The number of aromatic nitrogens is 3. The summed E-state index contributed by atoms with van der Waals surface area (Å²) in [5.74, 6) is -0.263. The van der Waals surface area contributed by atoms with Crippen LogP contribution in [-0.2, 0) is 0 Å². The average molecular weight is 301 g/mol. The first-order valence-corrected chi connectivity index (χ1v) is 7.24. The Morgan fingerprint density at radius 3 is 2.35 bits per heavy atom. The topological polar surface area (TPSA) is 38.7 Å². The van der Waals surface area contributed by atoms with E-state index >= 15 is 0 Å². The minimum atomic E-state index is -0.263. The maximum atomic E-state index is 13.2. The highest BCUT2D eigenvalue weighted by Crippen LogP contribution is 2.29. The van der Waals surface area contributed by atoms with Crippen molar-refractivity contribution in [2.75, 3.05) is 0 Å². The van der Waals surface area contributed by atoms with E-state index in [1.54, 1.807) is 24.5 Å². The predicted octanol–water partition coefficient (Wildman–Crippen LogP) is 4.50. The fourth-order valence-corrected chi connectivity index (χ4v) is 2.56. The van der Waals surface area contributed by atoms with E-state index < -0.39 is 0 Å². The molecule has 3 aromatic heterocycles. The summed E-state index contributed by atoms with van der Waals surface area (Å²) in [7, 11) is 0. The van der Waals surface area contributed by atoms with Crippen molar-refractivity contribution in [3.63, 3.8) is 0 Å². The summed E-state index contributed by atoms with van der Waals surface area (Å²) in [6.45, 7) is 0. The van der Waals surface area contributed by atoms with E-state index in [4.69, 9.17) is 0 Å². The van der Waals surface area contributed by atoms with E-state index in [0.29, 0.717) is 0 Å². The highest BCUT2D eigenvalue weighted by Gasteiger charge is 2.10. The molecule has 0 unspecified atom stereocenters. The van der Waals surface area contributed by atoms with Gasteiger partial charge in [0.2, 0.25) is 0 Å². The Kier molecular flexibility index (Phi) is 3.27. The third-order valence-electron chi connectivity index (χ3n) is 3.66. The molecule has 0 saturated heterocycles. The van der Waals surface area contributed by atoms with Crippen molar-refractivity contribution in [1.82, 2.24) is 15.0 Å². The summed E-state index contributed by atoms with van der Waals surface area (Å²) in [6.07, 6.45) is 3.47. The molecular weight excluding hydrogens is 289 g/mol. The lowest BCUT2D eigenvalue weighted by Crippen LogP contribution is -1.92. The van der Waals surface area contributed by atoms with Crippen LogP contribution in [-0.4, -0.2) is 15.0 Å². The van der Waals surface area contributed by atoms with Gasteiger partial charge in [0.05, 0.1) is 22.4 Å². The van der Waals surface area contributed by atoms with Gasteiger partial charge in [0, 0.05) is 23.5 Å². The van der Waals surface area contributed by atoms with Crippen LogP contribution in [0.5, 0.6) is 0 Å². The molecule has 1 aromatic carbocycles. The lowest BCUT2D eigenvalue weighted by molar-refractivity contribution is 0.628. The van der Waals surface area contributed by atoms with Crippen molar-refractivity contribution >= 4 is 11.0 Å². The number of halogens is 1. The number of rotatable bonds is 2. The molecule has 0 radical (unpaired) electrons. The third-order valence-corrected chi connectivity index (χ3v) is 3.66. The van der Waals surface area contributed by atoms with Crippen molar-refractivity contribution in [2.24, 2.45) is 0 Å². The molecule has 23 heavy (non-hydrogen) atoms. The van der Waals surface area contributed by atoms with Crippen LogP contribution in [0.25, 0.3) is 33.5 Å². The van der Waals surface area contributed by atoms with Gasteiger partial charge in [-0.15, -0.1) is 0 Å². The van der Waals surface area contributed by atoms with E-state index in [1.165, 1.54) is 12.1 Å². The first-order valence-electron chi connectivity index (χ1n) is 7.24. The fraction of sp³-hybridized carbons (Fsp3) is 0. The summed E-state index contributed by atoms with van der Waals surface area (Å²) in [6, 6.07) is 17.8. The largest absolute Gasteiger partial charge is 0.256 e. The molecule has 0 bridgehead atoms. The molecule has 3 heterocycles. The number of hydrogen-bond acceptors (Lipinski definition) is 3. The van der Waals surface area contributed by atoms with Crippen molar-refractivity contribution in [3.05, 3.63) is 78.9 Å². The minimum Gasteiger partial charge on any atom is -0.256 e. The molecule has 0 amide bonds. The molecule has 110 valence electrons. The quantitative estimate of drug-likeness (QED) is 0.547. The fourth-order valence-electron chi connectivity index (χ4n) is 2.56. The highest BCUT2D eigenvalue weighted by molar-refractivity contribution is 5.83. The molecule has 0 aliphatic rings. The van der Waals surface area contributed by atoms with Crippen LogP contribution in [0.4, 0.5) is 4.39 Å². The summed E-state index contributed by atoms with van der Waals surface area (Å²) in [5.41, 5.74) is 5.04. The second kappa shape index (κ2) is 5.57. The van der Waals surface area contributed by atoms with Gasteiger partial charge >= 0.3 is 0 Å². The number of nitrogens with zero attached hydrogens (tertiary/aromatic N) is 3. The van der Waals surface area contributed by atoms with Gasteiger partial charge in [0.15, 0.2) is 0 Å². The first kappa shape index (κ1) is 13.5. The number of hydrogen-bond donors (Lipinski definition) is 0. The summed E-state index contributed by atoms with van der Waals surface area (Å²) in [4.78, 5) is 13.4. The average Bonchev–Trinajstić information content (AvgIpc) is 2.62. The van der Waals surface area contributed by atoms with Crippen LogP contribution >= 0.6 is 0 Å². The van der Waals surface area contributed by atoms with Crippen LogP contribution in [0.2, 0.25) is 0 Å². The number of benzene rings is 1. The van der Waals surface area contributed by atoms with Crippen LogP contribution in [0, 0.1) is 5.82 Å². The lowest BCUT2D eigenvalue weighted by atomic mass is 10.0. The molecule has 0 aliphatic heterocycles. The van der Waals surface area contributed by atoms with Gasteiger partial charge in [0.25, 0.3) is 0 Å². The van der Waals surface area contributed by atoms with E-state index in [0.717, 1.165) is 33.5 Å². The standard InChI is InChI=1S/C19H12FN3/c20-14-7-5-13(6-8-14)19-15(3-1-12-22-19)16-9-10-17-18(23-16)4-2-11-21-17/h1-12H. The molecular formula is C19H12FN3. The first-order chi connectivity index (χ1) is 11.3. The maximum absolute atomic E-state index is 13.2. The molecule has 0 aliphatic carbocycles. The maximum Gasteiger partial charge on any atom is 0.123 e. The zero-order valence-corrected chi connectivity index (χ0v) is 12.1. The van der Waals surface area contributed by atoms with Crippen molar-refractivity contribution in [1.29, 1.82) is 0 Å². The predicted molar refractivity (Wildman–Crippen MR) is 88.2 cm³/mol. The molecule has 0 spiro atoms. The summed E-state index contributed by atoms with van der Waals surface area (Å²) >= 11 is 0. The van der Waals surface area contributed by atoms with Crippen molar-refractivity contribution in [3.8, 4) is 22.5 Å².